The van der Waals surface area contributed by atoms with Crippen LogP contribution in [0.1, 0.15) is 17.5 Å². The van der Waals surface area contributed by atoms with Crippen LogP contribution >= 0.6 is 11.8 Å². The number of carbonyl (C=O) groups is 2. The molecule has 1 aliphatic rings. The van der Waals surface area contributed by atoms with Crippen molar-refractivity contribution in [2.45, 2.75) is 26.0 Å². The first-order valence-electron chi connectivity index (χ1n) is 7.80. The van der Waals surface area contributed by atoms with Crippen LogP contribution in [0.15, 0.2) is 24.3 Å². The van der Waals surface area contributed by atoms with E-state index >= 15 is 0 Å². The number of rotatable bonds is 6. The normalized spacial score (nSPS) is 16.6. The van der Waals surface area contributed by atoms with Crippen molar-refractivity contribution in [3.05, 3.63) is 35.4 Å². The second-order valence-corrected chi connectivity index (χ2v) is 6.85. The second-order valence-electron chi connectivity index (χ2n) is 5.86. The highest BCUT2D eigenvalue weighted by Crippen LogP contribution is 2.13. The van der Waals surface area contributed by atoms with E-state index in [1.165, 1.54) is 10.5 Å². The Kier molecular flexibility index (Phi) is 6.47. The van der Waals surface area contributed by atoms with E-state index in [1.807, 2.05) is 31.4 Å². The van der Waals surface area contributed by atoms with Gasteiger partial charge in [-0.2, -0.15) is 11.8 Å². The maximum Gasteiger partial charge on any atom is 0.251 e. The summed E-state index contributed by atoms with van der Waals surface area (Å²) in [7, 11) is 0. The molecule has 1 aromatic rings. The molecule has 0 radical (unpaired) electrons. The van der Waals surface area contributed by atoms with Crippen molar-refractivity contribution in [2.24, 2.45) is 0 Å². The van der Waals surface area contributed by atoms with Crippen LogP contribution in [-0.2, 0) is 16.1 Å². The third-order valence-corrected chi connectivity index (χ3v) is 4.61. The van der Waals surface area contributed by atoms with E-state index in [4.69, 9.17) is 0 Å². The van der Waals surface area contributed by atoms with Crippen molar-refractivity contribution in [3.8, 4) is 0 Å². The Hall–Kier alpha value is -1.53. The Morgan fingerprint density at radius 1 is 1.39 bits per heavy atom. The molecule has 1 heterocycles. The molecule has 6 heteroatoms. The first-order chi connectivity index (χ1) is 11.0. The van der Waals surface area contributed by atoms with Crippen molar-refractivity contribution in [1.82, 2.24) is 9.80 Å². The molecule has 1 N–H and O–H groups in total. The second kappa shape index (κ2) is 8.36. The summed E-state index contributed by atoms with van der Waals surface area (Å²) in [5.41, 5.74) is 2.26. The fourth-order valence-electron chi connectivity index (χ4n) is 2.66. The molecule has 2 amide bonds. The molecule has 5 nitrogen and oxygen atoms in total. The van der Waals surface area contributed by atoms with Crippen LogP contribution in [0.3, 0.4) is 0 Å². The molecule has 1 saturated heterocycles. The topological polar surface area (TPSA) is 60.9 Å². The van der Waals surface area contributed by atoms with E-state index in [0.717, 1.165) is 11.3 Å². The molecule has 1 fully saturated rings. The van der Waals surface area contributed by atoms with Gasteiger partial charge in [0.1, 0.15) is 6.10 Å². The smallest absolute Gasteiger partial charge is 0.251 e. The Balaban J connectivity index is 1.89. The maximum atomic E-state index is 12.3. The third-order valence-electron chi connectivity index (χ3n) is 3.97. The van der Waals surface area contributed by atoms with Gasteiger partial charge >= 0.3 is 0 Å². The molecule has 2 rings (SSSR count). The zero-order valence-electron chi connectivity index (χ0n) is 13.7. The molecule has 1 aromatic carbocycles. The van der Waals surface area contributed by atoms with Crippen LogP contribution in [0.2, 0.25) is 0 Å². The minimum atomic E-state index is -1.00. The summed E-state index contributed by atoms with van der Waals surface area (Å²) in [6, 6.07) is 8.08. The average molecular weight is 336 g/mol. The predicted octanol–water partition coefficient (Wildman–Crippen LogP) is 1.28. The van der Waals surface area contributed by atoms with Crippen LogP contribution in [0.4, 0.5) is 0 Å². The van der Waals surface area contributed by atoms with E-state index in [0.29, 0.717) is 26.1 Å². The molecular formula is C17H24N2O3S. The lowest BCUT2D eigenvalue weighted by Crippen LogP contribution is -2.54. The Labute approximate surface area is 141 Å². The summed E-state index contributed by atoms with van der Waals surface area (Å²) in [4.78, 5) is 27.7. The van der Waals surface area contributed by atoms with Crippen LogP contribution in [-0.4, -0.2) is 64.5 Å². The van der Waals surface area contributed by atoms with Gasteiger partial charge in [-0.1, -0.05) is 29.8 Å². The number of nitrogens with zero attached hydrogens (tertiary/aromatic N) is 2. The molecule has 0 unspecified atom stereocenters. The summed E-state index contributed by atoms with van der Waals surface area (Å²) in [6.07, 6.45) is 1.36. The summed E-state index contributed by atoms with van der Waals surface area (Å²) >= 11 is 1.59. The van der Waals surface area contributed by atoms with E-state index in [1.54, 1.807) is 16.7 Å². The first-order valence-corrected chi connectivity index (χ1v) is 9.19. The van der Waals surface area contributed by atoms with Gasteiger partial charge in [0.05, 0.1) is 6.54 Å². The Morgan fingerprint density at radius 3 is 2.83 bits per heavy atom. The number of hydrogen-bond acceptors (Lipinski definition) is 4. The van der Waals surface area contributed by atoms with E-state index < -0.39 is 6.10 Å². The summed E-state index contributed by atoms with van der Waals surface area (Å²) in [5, 5.41) is 9.89. The zero-order valence-corrected chi connectivity index (χ0v) is 14.5. The highest BCUT2D eigenvalue weighted by Gasteiger charge is 2.30. The monoisotopic (exact) mass is 336 g/mol. The number of aryl methyl sites for hydroxylation is 1. The lowest BCUT2D eigenvalue weighted by atomic mass is 10.1. The maximum absolute atomic E-state index is 12.3. The molecular weight excluding hydrogens is 312 g/mol. The number of amides is 2. The van der Waals surface area contributed by atoms with Gasteiger partial charge < -0.3 is 14.9 Å². The first kappa shape index (κ1) is 17.8. The van der Waals surface area contributed by atoms with Crippen LogP contribution in [0, 0.1) is 6.92 Å². The highest BCUT2D eigenvalue weighted by atomic mass is 32.2. The minimum absolute atomic E-state index is 0.0565. The molecule has 1 aliphatic heterocycles. The SMILES string of the molecule is CSCC[C@H](O)C(=O)N1CCN(Cc2cccc(C)c2)C(=O)C1. The molecule has 0 bridgehead atoms. The molecule has 1 atom stereocenters. The van der Waals surface area contributed by atoms with Gasteiger partial charge in [-0.25, -0.2) is 0 Å². The summed E-state index contributed by atoms with van der Waals surface area (Å²) in [5.74, 6) is 0.333. The van der Waals surface area contributed by atoms with Crippen LogP contribution in [0.25, 0.3) is 0 Å². The van der Waals surface area contributed by atoms with Gasteiger partial charge in [0.15, 0.2) is 0 Å². The van der Waals surface area contributed by atoms with Gasteiger partial charge in [0, 0.05) is 19.6 Å². The van der Waals surface area contributed by atoms with Crippen molar-refractivity contribution in [1.29, 1.82) is 0 Å². The quantitative estimate of drug-likeness (QED) is 0.850. The Morgan fingerprint density at radius 2 is 2.17 bits per heavy atom. The molecule has 0 aromatic heterocycles. The summed E-state index contributed by atoms with van der Waals surface area (Å²) < 4.78 is 0. The van der Waals surface area contributed by atoms with E-state index in [9.17, 15) is 14.7 Å². The van der Waals surface area contributed by atoms with Gasteiger partial charge in [-0.3, -0.25) is 9.59 Å². The average Bonchev–Trinajstić information content (AvgIpc) is 2.54. The number of piperazine rings is 1. The Bertz CT molecular complexity index is 565. The fourth-order valence-corrected chi connectivity index (χ4v) is 3.12. The largest absolute Gasteiger partial charge is 0.383 e. The lowest BCUT2D eigenvalue weighted by Gasteiger charge is -2.35. The molecule has 0 spiro atoms. The van der Waals surface area contributed by atoms with Gasteiger partial charge in [-0.15, -0.1) is 0 Å². The standard InChI is InChI=1S/C17H24N2O3S/c1-13-4-3-5-14(10-13)11-18-7-8-19(12-16(18)21)17(22)15(20)6-9-23-2/h3-5,10,15,20H,6-9,11-12H2,1-2H3/t15-/m0/s1. The van der Waals surface area contributed by atoms with Crippen molar-refractivity contribution in [2.75, 3.05) is 31.6 Å². The number of thioether (sulfide) groups is 1. The van der Waals surface area contributed by atoms with Crippen molar-refractivity contribution < 1.29 is 14.7 Å². The van der Waals surface area contributed by atoms with Gasteiger partial charge in [-0.05, 0) is 30.9 Å². The van der Waals surface area contributed by atoms with Gasteiger partial charge in [0.2, 0.25) is 5.91 Å². The fraction of sp³-hybridized carbons (Fsp3) is 0.529. The number of hydrogen-bond donors (Lipinski definition) is 1. The predicted molar refractivity (Wildman–Crippen MR) is 92.2 cm³/mol. The third kappa shape index (κ3) is 4.97. The molecule has 0 aliphatic carbocycles. The van der Waals surface area contributed by atoms with Crippen LogP contribution in [0.5, 0.6) is 0 Å². The van der Waals surface area contributed by atoms with Crippen molar-refractivity contribution in [3.63, 3.8) is 0 Å². The van der Waals surface area contributed by atoms with E-state index in [2.05, 4.69) is 6.07 Å². The van der Waals surface area contributed by atoms with E-state index in [-0.39, 0.29) is 18.4 Å². The number of aliphatic hydroxyl groups is 1. The number of benzene rings is 1. The lowest BCUT2D eigenvalue weighted by molar-refractivity contribution is -0.150. The molecule has 126 valence electrons. The number of aliphatic hydroxyl groups excluding tert-OH is 1. The van der Waals surface area contributed by atoms with Crippen LogP contribution < -0.4 is 0 Å². The zero-order chi connectivity index (χ0) is 16.8. The van der Waals surface area contributed by atoms with Gasteiger partial charge in [0.25, 0.3) is 5.91 Å². The number of carbonyl (C=O) groups excluding carboxylic acids is 2. The van der Waals surface area contributed by atoms with Crippen molar-refractivity contribution >= 4 is 23.6 Å². The minimum Gasteiger partial charge on any atom is -0.383 e. The summed E-state index contributed by atoms with van der Waals surface area (Å²) in [6.45, 7) is 3.64. The molecule has 23 heavy (non-hydrogen) atoms. The molecule has 0 saturated carbocycles. The highest BCUT2D eigenvalue weighted by molar-refractivity contribution is 7.98.